The Labute approximate surface area is 151 Å². The number of benzene rings is 1. The van der Waals surface area contributed by atoms with E-state index in [1.165, 1.54) is 0 Å². The fourth-order valence-corrected chi connectivity index (χ4v) is 2.98. The highest BCUT2D eigenvalue weighted by Crippen LogP contribution is 2.22. The minimum absolute atomic E-state index is 0.0681. The molecule has 1 aromatic carbocycles. The van der Waals surface area contributed by atoms with Gasteiger partial charge in [0.15, 0.2) is 11.6 Å². The van der Waals surface area contributed by atoms with Crippen molar-refractivity contribution in [2.24, 2.45) is 0 Å². The minimum Gasteiger partial charge on any atom is -0.360 e. The Morgan fingerprint density at radius 1 is 1.08 bits per heavy atom. The summed E-state index contributed by atoms with van der Waals surface area (Å²) in [6, 6.07) is 13.0. The Bertz CT molecular complexity index is 917. The molecule has 0 atom stereocenters. The third-order valence-corrected chi connectivity index (χ3v) is 4.25. The number of hydrogen-bond donors (Lipinski definition) is 1. The third-order valence-electron chi connectivity index (χ3n) is 4.25. The summed E-state index contributed by atoms with van der Waals surface area (Å²) in [5.74, 6) is 2.17. The molecular weight excluding hydrogens is 330 g/mol. The van der Waals surface area contributed by atoms with Crippen LogP contribution in [0.3, 0.4) is 0 Å². The monoisotopic (exact) mass is 349 g/mol. The van der Waals surface area contributed by atoms with E-state index in [0.29, 0.717) is 28.9 Å². The number of hydrogen-bond acceptors (Lipinski definition) is 6. The normalized spacial score (nSPS) is 13.8. The molecule has 7 heteroatoms. The predicted molar refractivity (Wildman–Crippen MR) is 97.1 cm³/mol. The molecule has 0 unspecified atom stereocenters. The lowest BCUT2D eigenvalue weighted by atomic mass is 10.2. The topological polar surface area (TPSA) is 84.2 Å². The average Bonchev–Trinajstić information content (AvgIpc) is 3.33. The lowest BCUT2D eigenvalue weighted by molar-refractivity contribution is 0.0787. The summed E-state index contributed by atoms with van der Waals surface area (Å²) in [5, 5.41) is 7.02. The quantitative estimate of drug-likeness (QED) is 0.777. The molecule has 3 aromatic rings. The summed E-state index contributed by atoms with van der Waals surface area (Å²) in [6.07, 6.45) is 2.07. The summed E-state index contributed by atoms with van der Waals surface area (Å²) >= 11 is 0. The zero-order valence-electron chi connectivity index (χ0n) is 14.5. The maximum absolute atomic E-state index is 12.8. The van der Waals surface area contributed by atoms with E-state index in [1.807, 2.05) is 42.2 Å². The van der Waals surface area contributed by atoms with Crippen molar-refractivity contribution in [1.29, 1.82) is 0 Å². The van der Waals surface area contributed by atoms with Crippen LogP contribution in [0.5, 0.6) is 0 Å². The first-order valence-electron chi connectivity index (χ1n) is 8.63. The highest BCUT2D eigenvalue weighted by molar-refractivity contribution is 5.93. The Balaban J connectivity index is 1.72. The van der Waals surface area contributed by atoms with Crippen molar-refractivity contribution < 1.29 is 9.32 Å². The van der Waals surface area contributed by atoms with E-state index in [0.717, 1.165) is 31.5 Å². The molecule has 1 aliphatic heterocycles. The number of aromatic nitrogens is 3. The smallest absolute Gasteiger partial charge is 0.272 e. The number of carbonyl (C=O) groups is 1. The molecule has 1 fully saturated rings. The van der Waals surface area contributed by atoms with Crippen LogP contribution in [0.25, 0.3) is 11.4 Å². The van der Waals surface area contributed by atoms with Crippen molar-refractivity contribution in [3.05, 3.63) is 53.9 Å². The van der Waals surface area contributed by atoms with E-state index in [9.17, 15) is 4.79 Å². The van der Waals surface area contributed by atoms with Crippen molar-refractivity contribution in [1.82, 2.24) is 20.0 Å². The van der Waals surface area contributed by atoms with Crippen LogP contribution in [0.4, 0.5) is 11.6 Å². The van der Waals surface area contributed by atoms with Crippen molar-refractivity contribution >= 4 is 17.5 Å². The zero-order valence-corrected chi connectivity index (χ0v) is 14.5. The van der Waals surface area contributed by atoms with E-state index >= 15 is 0 Å². The lowest BCUT2D eigenvalue weighted by Gasteiger charge is -2.15. The van der Waals surface area contributed by atoms with Crippen LogP contribution >= 0.6 is 0 Å². The van der Waals surface area contributed by atoms with E-state index in [1.54, 1.807) is 12.1 Å². The number of aryl methyl sites for hydroxylation is 1. The van der Waals surface area contributed by atoms with Crippen LogP contribution in [0.1, 0.15) is 29.1 Å². The molecule has 0 aliphatic carbocycles. The molecule has 26 heavy (non-hydrogen) atoms. The highest BCUT2D eigenvalue weighted by atomic mass is 16.5. The first-order valence-corrected chi connectivity index (χ1v) is 8.63. The Morgan fingerprint density at radius 3 is 2.54 bits per heavy atom. The van der Waals surface area contributed by atoms with Gasteiger partial charge in [0.05, 0.1) is 0 Å². The van der Waals surface area contributed by atoms with E-state index in [-0.39, 0.29) is 5.91 Å². The van der Waals surface area contributed by atoms with Gasteiger partial charge in [0, 0.05) is 30.8 Å². The van der Waals surface area contributed by atoms with Crippen LogP contribution in [0, 0.1) is 6.92 Å². The first kappa shape index (κ1) is 16.3. The zero-order chi connectivity index (χ0) is 17.9. The van der Waals surface area contributed by atoms with E-state index in [2.05, 4.69) is 20.4 Å². The van der Waals surface area contributed by atoms with Gasteiger partial charge in [-0.2, -0.15) is 0 Å². The summed E-state index contributed by atoms with van der Waals surface area (Å²) in [6.45, 7) is 3.36. The molecule has 4 rings (SSSR count). The lowest BCUT2D eigenvalue weighted by Crippen LogP contribution is -2.28. The second kappa shape index (κ2) is 6.95. The maximum Gasteiger partial charge on any atom is 0.272 e. The van der Waals surface area contributed by atoms with Crippen LogP contribution in [-0.4, -0.2) is 39.0 Å². The molecule has 1 N–H and O–H groups in total. The van der Waals surface area contributed by atoms with Gasteiger partial charge in [-0.25, -0.2) is 9.97 Å². The summed E-state index contributed by atoms with van der Waals surface area (Å²) in [5.41, 5.74) is 1.23. The molecule has 0 saturated carbocycles. The molecule has 1 aliphatic rings. The Morgan fingerprint density at radius 2 is 1.85 bits per heavy atom. The van der Waals surface area contributed by atoms with Crippen molar-refractivity contribution in [2.45, 2.75) is 19.8 Å². The second-order valence-electron chi connectivity index (χ2n) is 6.28. The van der Waals surface area contributed by atoms with Crippen LogP contribution in [-0.2, 0) is 0 Å². The standard InChI is InChI=1S/C19H19N5O2/c1-13-11-17(23-26-13)21-16-12-15(19(25)24-9-5-6-10-24)20-18(22-16)14-7-3-2-4-8-14/h2-4,7-8,11-12H,5-6,9-10H2,1H3,(H,20,21,22,23). The summed E-state index contributed by atoms with van der Waals surface area (Å²) in [7, 11) is 0. The summed E-state index contributed by atoms with van der Waals surface area (Å²) in [4.78, 5) is 23.7. The van der Waals surface area contributed by atoms with Crippen LogP contribution in [0.2, 0.25) is 0 Å². The van der Waals surface area contributed by atoms with Crippen LogP contribution in [0.15, 0.2) is 47.0 Å². The molecular formula is C19H19N5O2. The number of anilines is 2. The van der Waals surface area contributed by atoms with Gasteiger partial charge in [-0.05, 0) is 19.8 Å². The maximum atomic E-state index is 12.8. The first-order chi connectivity index (χ1) is 12.7. The van der Waals surface area contributed by atoms with Gasteiger partial charge < -0.3 is 14.7 Å². The third kappa shape index (κ3) is 3.42. The Kier molecular flexibility index (Phi) is 4.35. The average molecular weight is 349 g/mol. The number of nitrogens with zero attached hydrogens (tertiary/aromatic N) is 4. The van der Waals surface area contributed by atoms with Crippen molar-refractivity contribution in [2.75, 3.05) is 18.4 Å². The Hall–Kier alpha value is -3.22. The van der Waals surface area contributed by atoms with Crippen molar-refractivity contribution in [3.63, 3.8) is 0 Å². The summed E-state index contributed by atoms with van der Waals surface area (Å²) < 4.78 is 5.08. The number of amides is 1. The molecule has 0 radical (unpaired) electrons. The SMILES string of the molecule is Cc1cc(Nc2cc(C(=O)N3CCCC3)nc(-c3ccccc3)n2)no1. The van der Waals surface area contributed by atoms with E-state index < -0.39 is 0 Å². The van der Waals surface area contributed by atoms with Gasteiger partial charge in [0.2, 0.25) is 0 Å². The highest BCUT2D eigenvalue weighted by Gasteiger charge is 2.22. The number of nitrogens with one attached hydrogen (secondary N) is 1. The van der Waals surface area contributed by atoms with Crippen LogP contribution < -0.4 is 5.32 Å². The molecule has 7 nitrogen and oxygen atoms in total. The van der Waals surface area contributed by atoms with Gasteiger partial charge in [-0.15, -0.1) is 0 Å². The van der Waals surface area contributed by atoms with Gasteiger partial charge in [0.25, 0.3) is 5.91 Å². The van der Waals surface area contributed by atoms with E-state index in [4.69, 9.17) is 4.52 Å². The molecule has 0 bridgehead atoms. The molecule has 132 valence electrons. The fourth-order valence-electron chi connectivity index (χ4n) is 2.98. The number of carbonyl (C=O) groups excluding carboxylic acids is 1. The van der Waals surface area contributed by atoms with Gasteiger partial charge in [-0.3, -0.25) is 4.79 Å². The largest absolute Gasteiger partial charge is 0.360 e. The predicted octanol–water partition coefficient (Wildman–Crippen LogP) is 3.42. The fraction of sp³-hybridized carbons (Fsp3) is 0.263. The number of rotatable bonds is 4. The van der Waals surface area contributed by atoms with Gasteiger partial charge in [0.1, 0.15) is 17.3 Å². The molecule has 1 saturated heterocycles. The minimum atomic E-state index is -0.0681. The number of likely N-dealkylation sites (tertiary alicyclic amines) is 1. The van der Waals surface area contributed by atoms with Gasteiger partial charge >= 0.3 is 0 Å². The molecule has 3 heterocycles. The second-order valence-corrected chi connectivity index (χ2v) is 6.28. The van der Waals surface area contributed by atoms with Gasteiger partial charge in [-0.1, -0.05) is 35.5 Å². The molecule has 2 aromatic heterocycles. The molecule has 1 amide bonds. The molecule has 0 spiro atoms. The van der Waals surface area contributed by atoms with Crippen molar-refractivity contribution in [3.8, 4) is 11.4 Å².